The monoisotopic (exact) mass is 191 g/mol. The van der Waals surface area contributed by atoms with Gasteiger partial charge in [0.15, 0.2) is 0 Å². The van der Waals surface area contributed by atoms with Gasteiger partial charge in [0, 0.05) is 26.0 Å². The van der Waals surface area contributed by atoms with Crippen LogP contribution in [0.5, 0.6) is 0 Å². The topological polar surface area (TPSA) is 23.5 Å². The molecule has 0 bridgehead atoms. The first-order valence-corrected chi connectivity index (χ1v) is 2.03. The number of likely N-dealkylation sites (N-methyl/N-ethyl adjacent to an activating group) is 1. The Kier molecular flexibility index (Phi) is 9.82. The van der Waals surface area contributed by atoms with E-state index in [1.165, 1.54) is 0 Å². The van der Waals surface area contributed by atoms with Crippen molar-refractivity contribution in [1.29, 1.82) is 0 Å². The third-order valence-electron chi connectivity index (χ3n) is 0.547. The van der Waals surface area contributed by atoms with E-state index < -0.39 is 0 Å². The van der Waals surface area contributed by atoms with Crippen LogP contribution < -0.4 is 0 Å². The molecule has 0 atom stereocenters. The SMILES string of the molecule is CN(C)CCO.[Ru]. The number of aliphatic hydroxyl groups is 1. The summed E-state index contributed by atoms with van der Waals surface area (Å²) < 4.78 is 0. The van der Waals surface area contributed by atoms with E-state index in [4.69, 9.17) is 5.11 Å². The summed E-state index contributed by atoms with van der Waals surface area (Å²) in [6.07, 6.45) is 0. The zero-order valence-corrected chi connectivity index (χ0v) is 6.40. The summed E-state index contributed by atoms with van der Waals surface area (Å²) in [6, 6.07) is 0. The maximum absolute atomic E-state index is 8.20. The molecular formula is C4H11NORu. The van der Waals surface area contributed by atoms with Gasteiger partial charge in [-0.1, -0.05) is 0 Å². The second kappa shape index (κ2) is 6.54. The Morgan fingerprint density at radius 2 is 1.86 bits per heavy atom. The quantitative estimate of drug-likeness (QED) is 0.595. The second-order valence-corrected chi connectivity index (χ2v) is 1.53. The summed E-state index contributed by atoms with van der Waals surface area (Å²) >= 11 is 0. The first kappa shape index (κ1) is 10.5. The van der Waals surface area contributed by atoms with Crippen molar-refractivity contribution in [3.8, 4) is 0 Å². The predicted octanol–water partition coefficient (Wildman–Crippen LogP) is -0.462. The van der Waals surface area contributed by atoms with Crippen LogP contribution in [0.2, 0.25) is 0 Å². The largest absolute Gasteiger partial charge is 0.395 e. The van der Waals surface area contributed by atoms with E-state index in [1.54, 1.807) is 0 Å². The molecule has 0 saturated carbocycles. The second-order valence-electron chi connectivity index (χ2n) is 1.53. The fourth-order valence-corrected chi connectivity index (χ4v) is 0.200. The Balaban J connectivity index is 0. The number of hydrogen-bond donors (Lipinski definition) is 1. The van der Waals surface area contributed by atoms with E-state index in [0.29, 0.717) is 0 Å². The van der Waals surface area contributed by atoms with Crippen molar-refractivity contribution in [3.05, 3.63) is 0 Å². The van der Waals surface area contributed by atoms with Crippen LogP contribution in [-0.4, -0.2) is 37.3 Å². The van der Waals surface area contributed by atoms with Gasteiger partial charge in [-0.05, 0) is 14.1 Å². The Labute approximate surface area is 57.3 Å². The molecule has 46 valence electrons. The molecule has 2 nitrogen and oxygen atoms in total. The van der Waals surface area contributed by atoms with Crippen LogP contribution in [0, 0.1) is 0 Å². The van der Waals surface area contributed by atoms with Crippen molar-refractivity contribution in [2.45, 2.75) is 0 Å². The first-order valence-electron chi connectivity index (χ1n) is 2.03. The number of nitrogens with zero attached hydrogens (tertiary/aromatic N) is 1. The van der Waals surface area contributed by atoms with E-state index in [2.05, 4.69) is 0 Å². The minimum atomic E-state index is 0. The van der Waals surface area contributed by atoms with E-state index in [0.717, 1.165) is 6.54 Å². The molecule has 0 unspecified atom stereocenters. The van der Waals surface area contributed by atoms with Crippen molar-refractivity contribution in [1.82, 2.24) is 4.90 Å². The number of rotatable bonds is 2. The molecule has 0 amide bonds. The van der Waals surface area contributed by atoms with Gasteiger partial charge in [-0.3, -0.25) is 0 Å². The Hall–Kier alpha value is 0.543. The molecule has 0 spiro atoms. The maximum Gasteiger partial charge on any atom is 0.0558 e. The minimum Gasteiger partial charge on any atom is -0.395 e. The molecule has 0 rings (SSSR count). The van der Waals surface area contributed by atoms with Crippen LogP contribution >= 0.6 is 0 Å². The predicted molar refractivity (Wildman–Crippen MR) is 25.6 cm³/mol. The van der Waals surface area contributed by atoms with Gasteiger partial charge in [0.25, 0.3) is 0 Å². The number of hydrogen-bond acceptors (Lipinski definition) is 2. The molecule has 0 aliphatic rings. The molecule has 7 heavy (non-hydrogen) atoms. The molecule has 0 saturated heterocycles. The molecule has 0 aromatic heterocycles. The van der Waals surface area contributed by atoms with Crippen LogP contribution in [0.3, 0.4) is 0 Å². The van der Waals surface area contributed by atoms with Crippen LogP contribution in [0.4, 0.5) is 0 Å². The van der Waals surface area contributed by atoms with Crippen molar-refractivity contribution >= 4 is 0 Å². The van der Waals surface area contributed by atoms with Crippen molar-refractivity contribution in [3.63, 3.8) is 0 Å². The molecule has 1 N–H and O–H groups in total. The fraction of sp³-hybridized carbons (Fsp3) is 1.00. The molecule has 0 aromatic carbocycles. The van der Waals surface area contributed by atoms with E-state index in [9.17, 15) is 0 Å². The van der Waals surface area contributed by atoms with Crippen LogP contribution in [0.15, 0.2) is 0 Å². The van der Waals surface area contributed by atoms with Crippen LogP contribution in [0.25, 0.3) is 0 Å². The molecule has 0 fully saturated rings. The van der Waals surface area contributed by atoms with Gasteiger partial charge < -0.3 is 10.0 Å². The van der Waals surface area contributed by atoms with Gasteiger partial charge in [0.1, 0.15) is 0 Å². The van der Waals surface area contributed by atoms with Crippen LogP contribution in [0.1, 0.15) is 0 Å². The van der Waals surface area contributed by atoms with Gasteiger partial charge >= 0.3 is 0 Å². The van der Waals surface area contributed by atoms with Crippen molar-refractivity contribution in [2.75, 3.05) is 27.2 Å². The van der Waals surface area contributed by atoms with Crippen molar-refractivity contribution < 1.29 is 24.6 Å². The molecule has 0 aliphatic heterocycles. The normalized spacial score (nSPS) is 8.57. The summed E-state index contributed by atoms with van der Waals surface area (Å²) in [5.41, 5.74) is 0. The summed E-state index contributed by atoms with van der Waals surface area (Å²) in [7, 11) is 3.85. The van der Waals surface area contributed by atoms with Gasteiger partial charge in [-0.25, -0.2) is 0 Å². The zero-order chi connectivity index (χ0) is 4.99. The fourth-order valence-electron chi connectivity index (χ4n) is 0.200. The first-order chi connectivity index (χ1) is 2.77. The van der Waals surface area contributed by atoms with Gasteiger partial charge in [-0.2, -0.15) is 0 Å². The van der Waals surface area contributed by atoms with Crippen molar-refractivity contribution in [2.24, 2.45) is 0 Å². The summed E-state index contributed by atoms with van der Waals surface area (Å²) in [5, 5.41) is 8.20. The molecule has 0 radical (unpaired) electrons. The third kappa shape index (κ3) is 10.8. The maximum atomic E-state index is 8.20. The zero-order valence-electron chi connectivity index (χ0n) is 4.66. The molecule has 0 aliphatic carbocycles. The van der Waals surface area contributed by atoms with Crippen LogP contribution in [-0.2, 0) is 19.5 Å². The number of aliphatic hydroxyl groups excluding tert-OH is 1. The molecule has 0 heterocycles. The van der Waals surface area contributed by atoms with E-state index >= 15 is 0 Å². The van der Waals surface area contributed by atoms with E-state index in [1.807, 2.05) is 19.0 Å². The molecule has 0 aromatic rings. The third-order valence-corrected chi connectivity index (χ3v) is 0.547. The summed E-state index contributed by atoms with van der Waals surface area (Å²) in [4.78, 5) is 1.93. The Morgan fingerprint density at radius 1 is 1.43 bits per heavy atom. The van der Waals surface area contributed by atoms with Gasteiger partial charge in [-0.15, -0.1) is 0 Å². The average molecular weight is 190 g/mol. The Morgan fingerprint density at radius 3 is 1.86 bits per heavy atom. The van der Waals surface area contributed by atoms with E-state index in [-0.39, 0.29) is 26.1 Å². The minimum absolute atomic E-state index is 0. The van der Waals surface area contributed by atoms with Gasteiger partial charge in [0.2, 0.25) is 0 Å². The summed E-state index contributed by atoms with van der Waals surface area (Å²) in [6.45, 7) is 1.02. The summed E-state index contributed by atoms with van der Waals surface area (Å²) in [5.74, 6) is 0. The molecule has 3 heteroatoms. The molecular weight excluding hydrogens is 179 g/mol. The average Bonchev–Trinajstić information content (AvgIpc) is 1.35. The Bertz CT molecular complexity index is 32.9. The standard InChI is InChI=1S/C4H11NO.Ru/c1-5(2)3-4-6;/h6H,3-4H2,1-2H3;. The smallest absolute Gasteiger partial charge is 0.0558 e. The van der Waals surface area contributed by atoms with Gasteiger partial charge in [0.05, 0.1) is 6.61 Å².